The fraction of sp³-hybridized carbons (Fsp3) is 0.375. The molecule has 0 unspecified atom stereocenters. The molecule has 3 rings (SSSR count). The molecule has 0 aliphatic heterocycles. The van der Waals surface area contributed by atoms with Crippen molar-refractivity contribution in [2.24, 2.45) is 7.05 Å². The van der Waals surface area contributed by atoms with Gasteiger partial charge in [0.2, 0.25) is 11.7 Å². The van der Waals surface area contributed by atoms with Crippen molar-refractivity contribution < 1.29 is 9.32 Å². The molecule has 0 saturated carbocycles. The van der Waals surface area contributed by atoms with Crippen LogP contribution in [0.1, 0.15) is 35.4 Å². The number of rotatable bonds is 6. The third-order valence-corrected chi connectivity index (χ3v) is 3.60. The lowest BCUT2D eigenvalue weighted by Crippen LogP contribution is -2.26. The SMILES string of the molecule is CCCc1noc(CN(C)C(=O)c2ccc(-c3nnn(C)n3)cc2)n1. The molecule has 9 heteroatoms. The minimum absolute atomic E-state index is 0.131. The third-order valence-electron chi connectivity index (χ3n) is 3.60. The lowest BCUT2D eigenvalue weighted by Gasteiger charge is -2.14. The van der Waals surface area contributed by atoms with E-state index in [0.717, 1.165) is 18.4 Å². The van der Waals surface area contributed by atoms with Crippen molar-refractivity contribution in [3.63, 3.8) is 0 Å². The zero-order valence-corrected chi connectivity index (χ0v) is 14.4. The summed E-state index contributed by atoms with van der Waals surface area (Å²) in [7, 11) is 3.40. The largest absolute Gasteiger partial charge is 0.337 e. The summed E-state index contributed by atoms with van der Waals surface area (Å²) in [5, 5.41) is 15.8. The molecule has 2 aromatic heterocycles. The Bertz CT molecular complexity index is 854. The van der Waals surface area contributed by atoms with Crippen LogP contribution in [-0.2, 0) is 20.0 Å². The standard InChI is InChI=1S/C16H19N7O2/c1-4-5-13-17-14(25-20-13)10-22(2)16(24)12-8-6-11(7-9-12)15-18-21-23(3)19-15/h6-9H,4-5,10H2,1-3H3. The summed E-state index contributed by atoms with van der Waals surface area (Å²) in [6, 6.07) is 7.07. The minimum Gasteiger partial charge on any atom is -0.337 e. The Labute approximate surface area is 144 Å². The summed E-state index contributed by atoms with van der Waals surface area (Å²) < 4.78 is 5.17. The van der Waals surface area contributed by atoms with Gasteiger partial charge in [0, 0.05) is 24.6 Å². The van der Waals surface area contributed by atoms with E-state index in [1.165, 1.54) is 4.80 Å². The van der Waals surface area contributed by atoms with Gasteiger partial charge in [-0.3, -0.25) is 4.79 Å². The van der Waals surface area contributed by atoms with Crippen LogP contribution in [0.5, 0.6) is 0 Å². The molecule has 1 amide bonds. The molecule has 0 spiro atoms. The minimum atomic E-state index is -0.131. The maximum Gasteiger partial charge on any atom is 0.254 e. The van der Waals surface area contributed by atoms with Crippen molar-refractivity contribution in [2.75, 3.05) is 7.05 Å². The molecule has 0 saturated heterocycles. The van der Waals surface area contributed by atoms with E-state index in [1.807, 2.05) is 6.92 Å². The van der Waals surface area contributed by atoms with Crippen molar-refractivity contribution in [3.8, 4) is 11.4 Å². The highest BCUT2D eigenvalue weighted by Gasteiger charge is 2.16. The summed E-state index contributed by atoms with van der Waals surface area (Å²) in [5.74, 6) is 1.48. The van der Waals surface area contributed by atoms with Gasteiger partial charge in [0.05, 0.1) is 13.6 Å². The van der Waals surface area contributed by atoms with Gasteiger partial charge in [-0.25, -0.2) is 0 Å². The van der Waals surface area contributed by atoms with Crippen LogP contribution in [-0.4, -0.2) is 48.2 Å². The Morgan fingerprint density at radius 2 is 2.04 bits per heavy atom. The predicted molar refractivity (Wildman–Crippen MR) is 88.3 cm³/mol. The summed E-state index contributed by atoms with van der Waals surface area (Å²) in [6.07, 6.45) is 1.71. The van der Waals surface area contributed by atoms with Gasteiger partial charge in [-0.15, -0.1) is 10.2 Å². The van der Waals surface area contributed by atoms with Crippen LogP contribution in [0.4, 0.5) is 0 Å². The Morgan fingerprint density at radius 3 is 2.68 bits per heavy atom. The number of nitrogens with zero attached hydrogens (tertiary/aromatic N) is 7. The quantitative estimate of drug-likeness (QED) is 0.669. The molecule has 3 aromatic rings. The molecular weight excluding hydrogens is 322 g/mol. The number of hydrogen-bond donors (Lipinski definition) is 0. The van der Waals surface area contributed by atoms with E-state index in [2.05, 4.69) is 25.6 Å². The molecule has 0 bridgehead atoms. The Balaban J connectivity index is 1.67. The molecule has 0 radical (unpaired) electrons. The fourth-order valence-corrected chi connectivity index (χ4v) is 2.34. The highest BCUT2D eigenvalue weighted by atomic mass is 16.5. The molecule has 9 nitrogen and oxygen atoms in total. The van der Waals surface area contributed by atoms with E-state index in [-0.39, 0.29) is 12.5 Å². The van der Waals surface area contributed by atoms with Crippen LogP contribution in [0.2, 0.25) is 0 Å². The van der Waals surface area contributed by atoms with E-state index in [4.69, 9.17) is 4.52 Å². The van der Waals surface area contributed by atoms with E-state index in [1.54, 1.807) is 43.3 Å². The van der Waals surface area contributed by atoms with Gasteiger partial charge in [-0.2, -0.15) is 9.78 Å². The lowest BCUT2D eigenvalue weighted by molar-refractivity contribution is 0.0769. The molecule has 0 N–H and O–H groups in total. The smallest absolute Gasteiger partial charge is 0.254 e. The highest BCUT2D eigenvalue weighted by molar-refractivity contribution is 5.94. The Hall–Kier alpha value is -3.10. The topological polar surface area (TPSA) is 103 Å². The highest BCUT2D eigenvalue weighted by Crippen LogP contribution is 2.16. The Morgan fingerprint density at radius 1 is 1.28 bits per heavy atom. The number of tetrazole rings is 1. The number of hydrogen-bond acceptors (Lipinski definition) is 7. The average molecular weight is 341 g/mol. The van der Waals surface area contributed by atoms with Gasteiger partial charge in [-0.05, 0) is 23.8 Å². The first-order valence-electron chi connectivity index (χ1n) is 7.98. The zero-order valence-electron chi connectivity index (χ0n) is 14.4. The van der Waals surface area contributed by atoms with Crippen molar-refractivity contribution in [1.29, 1.82) is 0 Å². The average Bonchev–Trinajstić information content (AvgIpc) is 3.24. The zero-order chi connectivity index (χ0) is 17.8. The number of benzene rings is 1. The molecule has 1 aromatic carbocycles. The second kappa shape index (κ2) is 7.20. The normalized spacial score (nSPS) is 10.8. The fourth-order valence-electron chi connectivity index (χ4n) is 2.34. The van der Waals surface area contributed by atoms with E-state index < -0.39 is 0 Å². The molecule has 130 valence electrons. The van der Waals surface area contributed by atoms with Crippen molar-refractivity contribution in [3.05, 3.63) is 41.5 Å². The van der Waals surface area contributed by atoms with Crippen LogP contribution < -0.4 is 0 Å². The van der Waals surface area contributed by atoms with Crippen LogP contribution >= 0.6 is 0 Å². The van der Waals surface area contributed by atoms with Crippen LogP contribution in [0.3, 0.4) is 0 Å². The van der Waals surface area contributed by atoms with E-state index in [9.17, 15) is 4.79 Å². The molecule has 0 fully saturated rings. The maximum atomic E-state index is 12.5. The first-order valence-corrected chi connectivity index (χ1v) is 7.98. The third kappa shape index (κ3) is 3.87. The first-order chi connectivity index (χ1) is 12.1. The summed E-state index contributed by atoms with van der Waals surface area (Å²) >= 11 is 0. The second-order valence-electron chi connectivity index (χ2n) is 5.70. The summed E-state index contributed by atoms with van der Waals surface area (Å²) in [5.41, 5.74) is 1.36. The second-order valence-corrected chi connectivity index (χ2v) is 5.70. The van der Waals surface area contributed by atoms with Crippen molar-refractivity contribution >= 4 is 5.91 Å². The Kier molecular flexibility index (Phi) is 4.82. The van der Waals surface area contributed by atoms with Crippen molar-refractivity contribution in [1.82, 2.24) is 35.2 Å². The van der Waals surface area contributed by atoms with Crippen LogP contribution in [0.25, 0.3) is 11.4 Å². The number of aryl methyl sites for hydroxylation is 2. The van der Waals surface area contributed by atoms with Crippen molar-refractivity contribution in [2.45, 2.75) is 26.3 Å². The molecule has 2 heterocycles. The molecule has 0 aliphatic rings. The predicted octanol–water partition coefficient (Wildman–Crippen LogP) is 1.48. The van der Waals surface area contributed by atoms with Gasteiger partial charge in [0.1, 0.15) is 0 Å². The first kappa shape index (κ1) is 16.7. The van der Waals surface area contributed by atoms with E-state index in [0.29, 0.717) is 23.1 Å². The molecule has 25 heavy (non-hydrogen) atoms. The van der Waals surface area contributed by atoms with Gasteiger partial charge in [0.15, 0.2) is 5.82 Å². The molecule has 0 aliphatic carbocycles. The maximum absolute atomic E-state index is 12.5. The van der Waals surface area contributed by atoms with Gasteiger partial charge >= 0.3 is 0 Å². The van der Waals surface area contributed by atoms with Gasteiger partial charge < -0.3 is 9.42 Å². The van der Waals surface area contributed by atoms with Gasteiger partial charge in [0.25, 0.3) is 5.91 Å². The lowest BCUT2D eigenvalue weighted by atomic mass is 10.1. The molecule has 0 atom stereocenters. The number of carbonyl (C=O) groups excluding carboxylic acids is 1. The molecular formula is C16H19N7O2. The number of aromatic nitrogens is 6. The van der Waals surface area contributed by atoms with Gasteiger partial charge in [-0.1, -0.05) is 24.2 Å². The number of amides is 1. The van der Waals surface area contributed by atoms with E-state index >= 15 is 0 Å². The summed E-state index contributed by atoms with van der Waals surface area (Å²) in [6.45, 7) is 2.31. The monoisotopic (exact) mass is 341 g/mol. The number of carbonyl (C=O) groups is 1. The van der Waals surface area contributed by atoms with Crippen LogP contribution in [0.15, 0.2) is 28.8 Å². The van der Waals surface area contributed by atoms with Crippen LogP contribution in [0, 0.1) is 0 Å². The summed E-state index contributed by atoms with van der Waals surface area (Å²) in [4.78, 5) is 19.7.